The zero-order chi connectivity index (χ0) is 23.4. The zero-order valence-electron chi connectivity index (χ0n) is 18.8. The van der Waals surface area contributed by atoms with E-state index in [1.54, 1.807) is 36.7 Å². The van der Waals surface area contributed by atoms with E-state index in [0.29, 0.717) is 34.5 Å². The van der Waals surface area contributed by atoms with Gasteiger partial charge in [0.15, 0.2) is 5.82 Å². The number of hydrogen-bond donors (Lipinski definition) is 1. The first-order chi connectivity index (χ1) is 16.5. The van der Waals surface area contributed by atoms with Crippen LogP contribution in [-0.4, -0.2) is 56.7 Å². The quantitative estimate of drug-likeness (QED) is 0.601. The van der Waals surface area contributed by atoms with Gasteiger partial charge in [-0.2, -0.15) is 0 Å². The van der Waals surface area contributed by atoms with E-state index in [1.807, 2.05) is 11.8 Å². The molecular weight excluding hydrogens is 432 g/mol. The first kappa shape index (κ1) is 20.7. The predicted octanol–water partition coefficient (Wildman–Crippen LogP) is 2.95. The highest BCUT2D eigenvalue weighted by Gasteiger charge is 2.38. The molecule has 2 aromatic heterocycles. The Bertz CT molecular complexity index is 1320. The van der Waals surface area contributed by atoms with Crippen molar-refractivity contribution in [3.8, 4) is 0 Å². The number of hydrogen-bond acceptors (Lipinski definition) is 7. The second kappa shape index (κ2) is 7.86. The monoisotopic (exact) mass is 456 g/mol. The van der Waals surface area contributed by atoms with Gasteiger partial charge < -0.3 is 10.2 Å². The van der Waals surface area contributed by atoms with E-state index in [2.05, 4.69) is 15.3 Å². The Morgan fingerprint density at radius 2 is 1.76 bits per heavy atom. The number of aryl methyl sites for hydroxylation is 1. The third-order valence-corrected chi connectivity index (χ3v) is 6.78. The van der Waals surface area contributed by atoms with Crippen LogP contribution < -0.4 is 10.2 Å². The summed E-state index contributed by atoms with van der Waals surface area (Å²) in [5.41, 5.74) is 2.17. The number of piperidine rings is 1. The molecule has 1 aliphatic carbocycles. The van der Waals surface area contributed by atoms with Crippen molar-refractivity contribution in [3.63, 3.8) is 0 Å². The van der Waals surface area contributed by atoms with Gasteiger partial charge in [-0.1, -0.05) is 12.1 Å². The molecule has 34 heavy (non-hydrogen) atoms. The number of amides is 3. The van der Waals surface area contributed by atoms with Crippen LogP contribution in [0.15, 0.2) is 36.7 Å². The highest BCUT2D eigenvalue weighted by atomic mass is 16.2. The van der Waals surface area contributed by atoms with Gasteiger partial charge in [0.05, 0.1) is 22.0 Å². The van der Waals surface area contributed by atoms with Gasteiger partial charge in [-0.25, -0.2) is 19.9 Å². The van der Waals surface area contributed by atoms with E-state index in [9.17, 15) is 14.4 Å². The normalized spacial score (nSPS) is 20.1. The third kappa shape index (κ3) is 3.39. The van der Waals surface area contributed by atoms with Crippen LogP contribution in [0, 0.1) is 12.8 Å². The number of anilines is 2. The molecule has 0 radical (unpaired) electrons. The van der Waals surface area contributed by atoms with Crippen molar-refractivity contribution >= 4 is 40.4 Å². The number of carbonyl (C=O) groups is 3. The minimum atomic E-state index is -0.400. The lowest BCUT2D eigenvalue weighted by molar-refractivity contribution is -0.133. The van der Waals surface area contributed by atoms with Crippen LogP contribution in [0.5, 0.6) is 0 Å². The van der Waals surface area contributed by atoms with Crippen LogP contribution >= 0.6 is 0 Å². The average Bonchev–Trinajstić information content (AvgIpc) is 3.67. The number of pyridine rings is 1. The summed E-state index contributed by atoms with van der Waals surface area (Å²) in [5, 5.41) is 3.92. The Kier molecular flexibility index (Phi) is 4.79. The van der Waals surface area contributed by atoms with E-state index in [4.69, 9.17) is 4.98 Å². The van der Waals surface area contributed by atoms with Gasteiger partial charge in [0, 0.05) is 37.4 Å². The predicted molar refractivity (Wildman–Crippen MR) is 126 cm³/mol. The zero-order valence-corrected chi connectivity index (χ0v) is 18.8. The molecule has 1 aromatic carbocycles. The highest BCUT2D eigenvalue weighted by molar-refractivity contribution is 6.35. The molecule has 3 amide bonds. The number of aromatic nitrogens is 3. The minimum absolute atomic E-state index is 0.0757. The fourth-order valence-electron chi connectivity index (χ4n) is 4.83. The lowest BCUT2D eigenvalue weighted by Crippen LogP contribution is -2.45. The van der Waals surface area contributed by atoms with Crippen LogP contribution in [0.4, 0.5) is 11.8 Å². The molecule has 0 bridgehead atoms. The number of rotatable bonds is 4. The second-order valence-corrected chi connectivity index (χ2v) is 9.25. The summed E-state index contributed by atoms with van der Waals surface area (Å²) in [4.78, 5) is 55.1. The van der Waals surface area contributed by atoms with Gasteiger partial charge in [0.2, 0.25) is 11.9 Å². The van der Waals surface area contributed by atoms with Crippen molar-refractivity contribution in [2.45, 2.75) is 38.6 Å². The van der Waals surface area contributed by atoms with E-state index >= 15 is 0 Å². The maximum atomic E-state index is 13.0. The molecule has 1 atom stereocenters. The molecule has 0 unspecified atom stereocenters. The van der Waals surface area contributed by atoms with E-state index in [-0.39, 0.29) is 23.7 Å². The number of likely N-dealkylation sites (tertiary alicyclic amines) is 1. The van der Waals surface area contributed by atoms with Crippen LogP contribution in [-0.2, 0) is 4.79 Å². The van der Waals surface area contributed by atoms with Crippen LogP contribution in [0.3, 0.4) is 0 Å². The molecule has 4 heterocycles. The first-order valence-electron chi connectivity index (χ1n) is 11.7. The second-order valence-electron chi connectivity index (χ2n) is 9.25. The largest absolute Gasteiger partial charge is 0.350 e. The summed E-state index contributed by atoms with van der Waals surface area (Å²) in [7, 11) is 0. The number of benzene rings is 1. The summed E-state index contributed by atoms with van der Waals surface area (Å²) >= 11 is 0. The molecular formula is C25H24N6O3. The van der Waals surface area contributed by atoms with Crippen molar-refractivity contribution in [2.75, 3.05) is 23.3 Å². The lowest BCUT2D eigenvalue weighted by Gasteiger charge is -2.33. The van der Waals surface area contributed by atoms with E-state index in [0.717, 1.165) is 42.7 Å². The molecule has 3 aromatic rings. The SMILES string of the molecule is Cc1cnc(N2C(=O)c3ccccc3C2=O)c2cnc(N[C@H]3CCCN(C(=O)C4CC4)C3)nc12. The topological polar surface area (TPSA) is 108 Å². The summed E-state index contributed by atoms with van der Waals surface area (Å²) < 4.78 is 0. The van der Waals surface area contributed by atoms with Gasteiger partial charge in [-0.05, 0) is 50.3 Å². The number of fused-ring (bicyclic) bond motifs is 2. The van der Waals surface area contributed by atoms with Crippen molar-refractivity contribution < 1.29 is 14.4 Å². The molecule has 1 saturated carbocycles. The fraction of sp³-hybridized carbons (Fsp3) is 0.360. The fourth-order valence-corrected chi connectivity index (χ4v) is 4.83. The van der Waals surface area contributed by atoms with Crippen LogP contribution in [0.1, 0.15) is 52.0 Å². The summed E-state index contributed by atoms with van der Waals surface area (Å²) in [6.07, 6.45) is 7.12. The molecule has 3 aliphatic rings. The summed E-state index contributed by atoms with van der Waals surface area (Å²) in [6.45, 7) is 3.34. The van der Waals surface area contributed by atoms with Gasteiger partial charge in [0.1, 0.15) is 0 Å². The number of nitrogens with one attached hydrogen (secondary N) is 1. The standard InChI is InChI=1S/C25H24N6O3/c1-14-11-26-21(31-23(33)17-6-2-3-7-18(17)24(31)34)19-12-27-25(29-20(14)19)28-16-5-4-10-30(13-16)22(32)15-8-9-15/h2-3,6-7,11-12,15-16H,4-5,8-10,13H2,1H3,(H,27,28,29)/t16-/m0/s1. The van der Waals surface area contributed by atoms with Crippen LogP contribution in [0.2, 0.25) is 0 Å². The van der Waals surface area contributed by atoms with Crippen molar-refractivity contribution in [2.24, 2.45) is 5.92 Å². The molecule has 9 heteroatoms. The van der Waals surface area contributed by atoms with Gasteiger partial charge in [-0.15, -0.1) is 0 Å². The Morgan fingerprint density at radius 1 is 1.03 bits per heavy atom. The number of carbonyl (C=O) groups excluding carboxylic acids is 3. The Labute approximate surface area is 196 Å². The van der Waals surface area contributed by atoms with Crippen LogP contribution in [0.25, 0.3) is 10.9 Å². The number of imide groups is 1. The summed E-state index contributed by atoms with van der Waals surface area (Å²) in [5.74, 6) is 0.369. The summed E-state index contributed by atoms with van der Waals surface area (Å²) in [6, 6.07) is 6.84. The van der Waals surface area contributed by atoms with E-state index < -0.39 is 11.8 Å². The minimum Gasteiger partial charge on any atom is -0.350 e. The van der Waals surface area contributed by atoms with E-state index in [1.165, 1.54) is 0 Å². The molecule has 172 valence electrons. The first-order valence-corrected chi connectivity index (χ1v) is 11.7. The Hall–Kier alpha value is -3.88. The molecule has 6 rings (SSSR count). The molecule has 1 saturated heterocycles. The maximum absolute atomic E-state index is 13.0. The van der Waals surface area contributed by atoms with Crippen molar-refractivity contribution in [1.82, 2.24) is 19.9 Å². The van der Waals surface area contributed by atoms with Crippen molar-refractivity contribution in [3.05, 3.63) is 53.3 Å². The Morgan fingerprint density at radius 3 is 2.47 bits per heavy atom. The smallest absolute Gasteiger partial charge is 0.267 e. The molecule has 9 nitrogen and oxygen atoms in total. The van der Waals surface area contributed by atoms with Gasteiger partial charge >= 0.3 is 0 Å². The average molecular weight is 457 g/mol. The van der Waals surface area contributed by atoms with Gasteiger partial charge in [-0.3, -0.25) is 14.4 Å². The third-order valence-electron chi connectivity index (χ3n) is 6.78. The van der Waals surface area contributed by atoms with Gasteiger partial charge in [0.25, 0.3) is 11.8 Å². The lowest BCUT2D eigenvalue weighted by atomic mass is 10.1. The highest BCUT2D eigenvalue weighted by Crippen LogP contribution is 2.34. The molecule has 1 N–H and O–H groups in total. The maximum Gasteiger partial charge on any atom is 0.267 e. The van der Waals surface area contributed by atoms with Crippen molar-refractivity contribution in [1.29, 1.82) is 0 Å². The number of nitrogens with zero attached hydrogens (tertiary/aromatic N) is 5. The molecule has 0 spiro atoms. The molecule has 2 aliphatic heterocycles. The molecule has 2 fully saturated rings. The Balaban J connectivity index is 1.29.